The van der Waals surface area contributed by atoms with Crippen molar-refractivity contribution in [1.29, 1.82) is 0 Å². The Morgan fingerprint density at radius 3 is 2.73 bits per heavy atom. The molecule has 1 unspecified atom stereocenters. The summed E-state index contributed by atoms with van der Waals surface area (Å²) in [5.74, 6) is 1.12. The third-order valence-corrected chi connectivity index (χ3v) is 6.76. The lowest BCUT2D eigenvalue weighted by molar-refractivity contribution is -0.140. The molecule has 2 aliphatic rings. The highest BCUT2D eigenvalue weighted by Gasteiger charge is 2.37. The maximum atomic E-state index is 12.8. The molecule has 2 aromatic rings. The van der Waals surface area contributed by atoms with Gasteiger partial charge in [-0.2, -0.15) is 0 Å². The van der Waals surface area contributed by atoms with Crippen molar-refractivity contribution in [3.63, 3.8) is 0 Å². The van der Waals surface area contributed by atoms with Crippen LogP contribution in [0, 0.1) is 5.41 Å². The molecule has 1 amide bonds. The molecule has 8 heteroatoms. The maximum Gasteiger partial charge on any atom is 0.228 e. The van der Waals surface area contributed by atoms with Crippen molar-refractivity contribution in [2.45, 2.75) is 39.9 Å². The second-order valence-corrected chi connectivity index (χ2v) is 9.96. The number of rotatable bonds is 4. The number of amidine groups is 1. The van der Waals surface area contributed by atoms with Gasteiger partial charge in [-0.05, 0) is 24.1 Å². The third-order valence-electron chi connectivity index (χ3n) is 5.63. The van der Waals surface area contributed by atoms with Crippen molar-refractivity contribution in [2.24, 2.45) is 16.1 Å². The third kappa shape index (κ3) is 3.75. The van der Waals surface area contributed by atoms with Crippen LogP contribution in [-0.4, -0.2) is 53.2 Å². The molecule has 0 spiro atoms. The number of nitrogens with two attached hydrogens (primary N) is 1. The van der Waals surface area contributed by atoms with Crippen LogP contribution in [0.25, 0.3) is 0 Å². The molecule has 0 aromatic carbocycles. The highest BCUT2D eigenvalue weighted by Crippen LogP contribution is 2.46. The van der Waals surface area contributed by atoms with E-state index in [1.54, 1.807) is 23.7 Å². The van der Waals surface area contributed by atoms with E-state index in [-0.39, 0.29) is 17.5 Å². The Bertz CT molecular complexity index is 962. The van der Waals surface area contributed by atoms with Crippen molar-refractivity contribution in [3.8, 4) is 0 Å². The monoisotopic (exact) mass is 426 g/mol. The Balaban J connectivity index is 1.74. The molecule has 2 aromatic heterocycles. The van der Waals surface area contributed by atoms with Crippen LogP contribution in [0.4, 0.5) is 5.00 Å². The zero-order chi connectivity index (χ0) is 21.5. The molecule has 2 aliphatic heterocycles. The standard InChI is InChI=1S/C22H30N6OS/c1-22(2,3)21(29)28-12-7-15-16(13-28)30-20-17(15)19(25-11-8-23)27(4)18(26-20)14-5-9-24-10-6-14/h5-6,9-10,19,25H,7-8,11-13,23H2,1-4H3. The van der Waals surface area contributed by atoms with E-state index in [9.17, 15) is 4.79 Å². The summed E-state index contributed by atoms with van der Waals surface area (Å²) in [6.07, 6.45) is 4.45. The summed E-state index contributed by atoms with van der Waals surface area (Å²) >= 11 is 1.71. The van der Waals surface area contributed by atoms with Crippen LogP contribution < -0.4 is 11.1 Å². The van der Waals surface area contributed by atoms with Gasteiger partial charge in [0, 0.05) is 60.5 Å². The fraction of sp³-hybridized carbons (Fsp3) is 0.500. The minimum absolute atomic E-state index is 0.00841. The van der Waals surface area contributed by atoms with Crippen LogP contribution in [0.15, 0.2) is 29.5 Å². The Labute approximate surface area is 182 Å². The van der Waals surface area contributed by atoms with Gasteiger partial charge >= 0.3 is 0 Å². The zero-order valence-electron chi connectivity index (χ0n) is 18.1. The molecule has 0 saturated heterocycles. The summed E-state index contributed by atoms with van der Waals surface area (Å²) < 4.78 is 0. The van der Waals surface area contributed by atoms with Crippen LogP contribution in [0.5, 0.6) is 0 Å². The Morgan fingerprint density at radius 2 is 2.07 bits per heavy atom. The topological polar surface area (TPSA) is 86.8 Å². The molecule has 160 valence electrons. The molecule has 0 radical (unpaired) electrons. The van der Waals surface area contributed by atoms with Gasteiger partial charge in [-0.25, -0.2) is 4.99 Å². The van der Waals surface area contributed by atoms with Crippen LogP contribution in [0.2, 0.25) is 0 Å². The van der Waals surface area contributed by atoms with Gasteiger partial charge in [0.25, 0.3) is 0 Å². The quantitative estimate of drug-likeness (QED) is 0.785. The minimum Gasteiger partial charge on any atom is -0.339 e. The fourth-order valence-electron chi connectivity index (χ4n) is 4.15. The van der Waals surface area contributed by atoms with Gasteiger partial charge in [-0.15, -0.1) is 11.3 Å². The number of hydrogen-bond donors (Lipinski definition) is 2. The predicted octanol–water partition coefficient (Wildman–Crippen LogP) is 2.64. The first-order valence-electron chi connectivity index (χ1n) is 10.4. The van der Waals surface area contributed by atoms with E-state index in [0.29, 0.717) is 13.1 Å². The number of nitrogens with one attached hydrogen (secondary N) is 1. The van der Waals surface area contributed by atoms with E-state index in [2.05, 4.69) is 22.2 Å². The van der Waals surface area contributed by atoms with Gasteiger partial charge in [-0.3, -0.25) is 15.1 Å². The largest absolute Gasteiger partial charge is 0.339 e. The van der Waals surface area contributed by atoms with E-state index < -0.39 is 0 Å². The molecule has 3 N–H and O–H groups in total. The Hall–Kier alpha value is -2.29. The maximum absolute atomic E-state index is 12.8. The van der Waals surface area contributed by atoms with Gasteiger partial charge in [-0.1, -0.05) is 20.8 Å². The first-order valence-corrected chi connectivity index (χ1v) is 11.2. The minimum atomic E-state index is -0.369. The number of amides is 1. The summed E-state index contributed by atoms with van der Waals surface area (Å²) in [5.41, 5.74) is 9.05. The summed E-state index contributed by atoms with van der Waals surface area (Å²) in [6, 6.07) is 3.97. The predicted molar refractivity (Wildman–Crippen MR) is 121 cm³/mol. The Morgan fingerprint density at radius 1 is 1.33 bits per heavy atom. The molecule has 0 bridgehead atoms. The van der Waals surface area contributed by atoms with Crippen LogP contribution in [0.1, 0.15) is 48.5 Å². The highest BCUT2D eigenvalue weighted by atomic mass is 32.1. The summed E-state index contributed by atoms with van der Waals surface area (Å²) in [4.78, 5) is 27.4. The number of thiophene rings is 1. The van der Waals surface area contributed by atoms with E-state index >= 15 is 0 Å². The van der Waals surface area contributed by atoms with Crippen molar-refractivity contribution >= 4 is 28.1 Å². The van der Waals surface area contributed by atoms with Crippen molar-refractivity contribution < 1.29 is 4.79 Å². The average Bonchev–Trinajstić information content (AvgIpc) is 3.09. The van der Waals surface area contributed by atoms with Crippen LogP contribution >= 0.6 is 11.3 Å². The number of carbonyl (C=O) groups excluding carboxylic acids is 1. The molecular weight excluding hydrogens is 396 g/mol. The first kappa shape index (κ1) is 21.0. The second kappa shape index (κ2) is 8.09. The summed E-state index contributed by atoms with van der Waals surface area (Å²) in [5, 5.41) is 4.63. The number of hydrogen-bond acceptors (Lipinski definition) is 7. The van der Waals surface area contributed by atoms with Gasteiger partial charge in [0.05, 0.1) is 6.54 Å². The molecule has 1 atom stereocenters. The van der Waals surface area contributed by atoms with Gasteiger partial charge in [0.15, 0.2) is 0 Å². The smallest absolute Gasteiger partial charge is 0.228 e. The van der Waals surface area contributed by atoms with Crippen molar-refractivity contribution in [1.82, 2.24) is 20.1 Å². The number of carbonyl (C=O) groups is 1. The molecular formula is C22H30N6OS. The molecule has 0 saturated carbocycles. The number of aliphatic imine (C=N–C) groups is 1. The lowest BCUT2D eigenvalue weighted by Crippen LogP contribution is -2.45. The lowest BCUT2D eigenvalue weighted by Gasteiger charge is -2.37. The highest BCUT2D eigenvalue weighted by molar-refractivity contribution is 7.16. The SMILES string of the molecule is CN1C(c2ccncc2)=Nc2sc3c(c2C1NCCN)CCN(C(=O)C(C)(C)C)C3. The van der Waals surface area contributed by atoms with Gasteiger partial charge in [0.1, 0.15) is 17.0 Å². The fourth-order valence-corrected chi connectivity index (χ4v) is 5.41. The normalized spacial score (nSPS) is 18.7. The first-order chi connectivity index (χ1) is 14.3. The number of nitrogens with zero attached hydrogens (tertiary/aromatic N) is 4. The van der Waals surface area contributed by atoms with Crippen molar-refractivity contribution in [2.75, 3.05) is 26.7 Å². The Kier molecular flexibility index (Phi) is 5.65. The molecule has 30 heavy (non-hydrogen) atoms. The van der Waals surface area contributed by atoms with Crippen molar-refractivity contribution in [3.05, 3.63) is 46.1 Å². The summed E-state index contributed by atoms with van der Waals surface area (Å²) in [7, 11) is 2.07. The summed E-state index contributed by atoms with van der Waals surface area (Å²) in [6.45, 7) is 8.65. The number of fused-ring (bicyclic) bond motifs is 3. The van der Waals surface area contributed by atoms with Gasteiger partial charge < -0.3 is 15.5 Å². The number of pyridine rings is 1. The van der Waals surface area contributed by atoms with E-state index in [0.717, 1.165) is 35.9 Å². The zero-order valence-corrected chi connectivity index (χ0v) is 18.9. The van der Waals surface area contributed by atoms with E-state index in [4.69, 9.17) is 10.7 Å². The van der Waals surface area contributed by atoms with Crippen LogP contribution in [0.3, 0.4) is 0 Å². The van der Waals surface area contributed by atoms with E-state index in [1.165, 1.54) is 16.0 Å². The average molecular weight is 427 g/mol. The molecule has 0 fully saturated rings. The van der Waals surface area contributed by atoms with Crippen LogP contribution in [-0.2, 0) is 17.8 Å². The van der Waals surface area contributed by atoms with Gasteiger partial charge in [0.2, 0.25) is 5.91 Å². The molecule has 0 aliphatic carbocycles. The molecule has 4 heterocycles. The lowest BCUT2D eigenvalue weighted by atomic mass is 9.92. The second-order valence-electron chi connectivity index (χ2n) is 8.88. The molecule has 7 nitrogen and oxygen atoms in total. The number of aromatic nitrogens is 1. The van der Waals surface area contributed by atoms with E-state index in [1.807, 2.05) is 37.8 Å². The molecule has 4 rings (SSSR count).